The SMILES string of the molecule is CCOC(=O)CCN(C)CCOc1cccc(C)c1. The molecule has 1 aromatic carbocycles. The number of ether oxygens (including phenoxy) is 2. The van der Waals surface area contributed by atoms with Gasteiger partial charge in [0.05, 0.1) is 13.0 Å². The molecule has 0 saturated carbocycles. The van der Waals surface area contributed by atoms with Gasteiger partial charge in [0.1, 0.15) is 12.4 Å². The molecular weight excluding hydrogens is 242 g/mol. The molecule has 0 aliphatic rings. The first-order valence-corrected chi connectivity index (χ1v) is 6.65. The lowest BCUT2D eigenvalue weighted by Crippen LogP contribution is -2.27. The molecule has 4 heteroatoms. The number of aryl methyl sites for hydroxylation is 1. The van der Waals surface area contributed by atoms with E-state index in [2.05, 4.69) is 4.90 Å². The van der Waals surface area contributed by atoms with E-state index < -0.39 is 0 Å². The van der Waals surface area contributed by atoms with E-state index >= 15 is 0 Å². The van der Waals surface area contributed by atoms with Crippen molar-refractivity contribution in [3.05, 3.63) is 29.8 Å². The third-order valence-corrected chi connectivity index (χ3v) is 2.73. The van der Waals surface area contributed by atoms with Crippen LogP contribution in [0.4, 0.5) is 0 Å². The summed E-state index contributed by atoms with van der Waals surface area (Å²) >= 11 is 0. The van der Waals surface area contributed by atoms with Gasteiger partial charge in [-0.15, -0.1) is 0 Å². The standard InChI is InChI=1S/C15H23NO3/c1-4-18-15(17)8-9-16(3)10-11-19-14-7-5-6-13(2)12-14/h5-7,12H,4,8-11H2,1-3H3. The van der Waals surface area contributed by atoms with Crippen molar-refractivity contribution in [1.29, 1.82) is 0 Å². The number of carbonyl (C=O) groups is 1. The van der Waals surface area contributed by atoms with Gasteiger partial charge >= 0.3 is 5.97 Å². The van der Waals surface area contributed by atoms with Crippen LogP contribution in [0.3, 0.4) is 0 Å². The van der Waals surface area contributed by atoms with E-state index in [4.69, 9.17) is 9.47 Å². The molecule has 0 amide bonds. The van der Waals surface area contributed by atoms with E-state index in [9.17, 15) is 4.79 Å². The van der Waals surface area contributed by atoms with Crippen LogP contribution >= 0.6 is 0 Å². The summed E-state index contributed by atoms with van der Waals surface area (Å²) < 4.78 is 10.5. The van der Waals surface area contributed by atoms with Gasteiger partial charge in [-0.2, -0.15) is 0 Å². The highest BCUT2D eigenvalue weighted by Gasteiger charge is 2.05. The molecule has 0 spiro atoms. The van der Waals surface area contributed by atoms with Gasteiger partial charge in [-0.05, 0) is 38.6 Å². The number of carbonyl (C=O) groups excluding carboxylic acids is 1. The molecule has 1 aromatic rings. The molecule has 0 aliphatic heterocycles. The van der Waals surface area contributed by atoms with E-state index in [1.807, 2.05) is 45.2 Å². The molecule has 19 heavy (non-hydrogen) atoms. The summed E-state index contributed by atoms with van der Waals surface area (Å²) in [6.45, 7) is 6.39. The summed E-state index contributed by atoms with van der Waals surface area (Å²) in [5.74, 6) is 0.743. The molecule has 0 aromatic heterocycles. The Balaban J connectivity index is 2.16. The van der Waals surface area contributed by atoms with Gasteiger partial charge in [-0.1, -0.05) is 12.1 Å². The minimum atomic E-state index is -0.144. The van der Waals surface area contributed by atoms with Gasteiger partial charge in [0, 0.05) is 13.1 Å². The van der Waals surface area contributed by atoms with Crippen molar-refractivity contribution >= 4 is 5.97 Å². The Labute approximate surface area is 115 Å². The lowest BCUT2D eigenvalue weighted by molar-refractivity contribution is -0.143. The van der Waals surface area contributed by atoms with Crippen LogP contribution in [0, 0.1) is 6.92 Å². The number of likely N-dealkylation sites (N-methyl/N-ethyl adjacent to an activating group) is 1. The van der Waals surface area contributed by atoms with Crippen molar-refractivity contribution in [2.75, 3.05) is 33.4 Å². The van der Waals surface area contributed by atoms with Crippen molar-refractivity contribution in [3.63, 3.8) is 0 Å². The molecule has 0 radical (unpaired) electrons. The second kappa shape index (κ2) is 8.53. The van der Waals surface area contributed by atoms with E-state index in [0.29, 0.717) is 26.2 Å². The average molecular weight is 265 g/mol. The predicted molar refractivity (Wildman–Crippen MR) is 75.4 cm³/mol. The number of benzene rings is 1. The minimum absolute atomic E-state index is 0.144. The third-order valence-electron chi connectivity index (χ3n) is 2.73. The van der Waals surface area contributed by atoms with Gasteiger partial charge in [-0.25, -0.2) is 0 Å². The fraction of sp³-hybridized carbons (Fsp3) is 0.533. The molecule has 0 atom stereocenters. The first-order valence-electron chi connectivity index (χ1n) is 6.65. The maximum absolute atomic E-state index is 11.2. The second-order valence-electron chi connectivity index (χ2n) is 4.52. The number of rotatable bonds is 8. The second-order valence-corrected chi connectivity index (χ2v) is 4.52. The molecule has 0 fully saturated rings. The van der Waals surface area contributed by atoms with E-state index in [1.54, 1.807) is 0 Å². The average Bonchev–Trinajstić information content (AvgIpc) is 2.37. The molecule has 0 unspecified atom stereocenters. The molecule has 1 rings (SSSR count). The van der Waals surface area contributed by atoms with Crippen molar-refractivity contribution in [3.8, 4) is 5.75 Å². The number of hydrogen-bond donors (Lipinski definition) is 0. The lowest BCUT2D eigenvalue weighted by atomic mass is 10.2. The highest BCUT2D eigenvalue weighted by molar-refractivity contribution is 5.69. The summed E-state index contributed by atoms with van der Waals surface area (Å²) in [5.41, 5.74) is 1.19. The Kier molecular flexibility index (Phi) is 6.97. The first-order chi connectivity index (χ1) is 9.11. The molecule has 0 bridgehead atoms. The van der Waals surface area contributed by atoms with E-state index in [1.165, 1.54) is 5.56 Å². The molecule has 0 heterocycles. The molecule has 0 aliphatic carbocycles. The van der Waals surface area contributed by atoms with Crippen LogP contribution in [0.1, 0.15) is 18.9 Å². The monoisotopic (exact) mass is 265 g/mol. The van der Waals surface area contributed by atoms with Crippen molar-refractivity contribution in [1.82, 2.24) is 4.90 Å². The number of esters is 1. The van der Waals surface area contributed by atoms with Crippen molar-refractivity contribution in [2.24, 2.45) is 0 Å². The fourth-order valence-corrected chi connectivity index (χ4v) is 1.65. The fourth-order valence-electron chi connectivity index (χ4n) is 1.65. The normalized spacial score (nSPS) is 10.5. The smallest absolute Gasteiger partial charge is 0.307 e. The summed E-state index contributed by atoms with van der Waals surface area (Å²) in [5, 5.41) is 0. The predicted octanol–water partition coefficient (Wildman–Crippen LogP) is 2.26. The van der Waals surface area contributed by atoms with Crippen LogP contribution in [0.2, 0.25) is 0 Å². The highest BCUT2D eigenvalue weighted by Crippen LogP contribution is 2.11. The van der Waals surface area contributed by atoms with Gasteiger partial charge in [-0.3, -0.25) is 4.79 Å². The van der Waals surface area contributed by atoms with Crippen LogP contribution < -0.4 is 4.74 Å². The van der Waals surface area contributed by atoms with Gasteiger partial charge in [0.25, 0.3) is 0 Å². The van der Waals surface area contributed by atoms with Crippen molar-refractivity contribution in [2.45, 2.75) is 20.3 Å². The maximum atomic E-state index is 11.2. The Bertz CT molecular complexity index is 393. The maximum Gasteiger partial charge on any atom is 0.307 e. The van der Waals surface area contributed by atoms with Crippen LogP contribution in [0.5, 0.6) is 5.75 Å². The Morgan fingerprint density at radius 1 is 1.32 bits per heavy atom. The van der Waals surface area contributed by atoms with Crippen LogP contribution in [0.15, 0.2) is 24.3 Å². The lowest BCUT2D eigenvalue weighted by Gasteiger charge is -2.16. The van der Waals surface area contributed by atoms with Gasteiger partial charge in [0.2, 0.25) is 0 Å². The van der Waals surface area contributed by atoms with Crippen LogP contribution in [-0.4, -0.2) is 44.2 Å². The Morgan fingerprint density at radius 3 is 2.79 bits per heavy atom. The summed E-state index contributed by atoms with van der Waals surface area (Å²) in [6.07, 6.45) is 0.425. The number of hydrogen-bond acceptors (Lipinski definition) is 4. The van der Waals surface area contributed by atoms with E-state index in [0.717, 1.165) is 12.3 Å². The highest BCUT2D eigenvalue weighted by atomic mass is 16.5. The largest absolute Gasteiger partial charge is 0.492 e. The van der Waals surface area contributed by atoms with Crippen molar-refractivity contribution < 1.29 is 14.3 Å². The zero-order chi connectivity index (χ0) is 14.1. The zero-order valence-electron chi connectivity index (χ0n) is 12.0. The van der Waals surface area contributed by atoms with E-state index in [-0.39, 0.29) is 5.97 Å². The third kappa shape index (κ3) is 6.82. The molecule has 0 saturated heterocycles. The molecule has 0 N–H and O–H groups in total. The molecular formula is C15H23NO3. The summed E-state index contributed by atoms with van der Waals surface area (Å²) in [4.78, 5) is 13.3. The topological polar surface area (TPSA) is 38.8 Å². The summed E-state index contributed by atoms with van der Waals surface area (Å²) in [6, 6.07) is 7.98. The zero-order valence-corrected chi connectivity index (χ0v) is 12.0. The molecule has 106 valence electrons. The molecule has 4 nitrogen and oxygen atoms in total. The van der Waals surface area contributed by atoms with Gasteiger partial charge in [0.15, 0.2) is 0 Å². The minimum Gasteiger partial charge on any atom is -0.492 e. The van der Waals surface area contributed by atoms with Gasteiger partial charge < -0.3 is 14.4 Å². The quantitative estimate of drug-likeness (QED) is 0.676. The summed E-state index contributed by atoms with van der Waals surface area (Å²) in [7, 11) is 1.97. The van der Waals surface area contributed by atoms with Crippen LogP contribution in [0.25, 0.3) is 0 Å². The Hall–Kier alpha value is -1.55. The Morgan fingerprint density at radius 2 is 2.11 bits per heavy atom. The number of nitrogens with zero attached hydrogens (tertiary/aromatic N) is 1. The van der Waals surface area contributed by atoms with Crippen LogP contribution in [-0.2, 0) is 9.53 Å². The first kappa shape index (κ1) is 15.5.